The molecule has 2 amide bonds. The molecule has 6 aliphatic rings. The van der Waals surface area contributed by atoms with Crippen LogP contribution in [0.2, 0.25) is 0 Å². The lowest BCUT2D eigenvalue weighted by molar-refractivity contribution is -0.312. The van der Waals surface area contributed by atoms with Crippen LogP contribution in [0.15, 0.2) is 29.5 Å². The quantitative estimate of drug-likeness (QED) is 0.0113. The molecule has 3 aromatic rings. The zero-order valence-electron chi connectivity index (χ0n) is 59.4. The number of rotatable bonds is 37. The van der Waals surface area contributed by atoms with Crippen molar-refractivity contribution in [2.24, 2.45) is 22.7 Å². The first-order valence-electron chi connectivity index (χ1n) is 36.3. The Kier molecular flexibility index (Phi) is 30.2. The van der Waals surface area contributed by atoms with Crippen molar-refractivity contribution >= 4 is 35.1 Å². The van der Waals surface area contributed by atoms with E-state index in [2.05, 4.69) is 26.2 Å². The number of aromatic nitrogens is 3. The molecule has 0 radical (unpaired) electrons. The number of methoxy groups -OCH3 is 1. The molecule has 4 aliphatic carbocycles. The molecule has 2 saturated carbocycles. The molecular weight excluding hydrogens is 1380 g/mol. The van der Waals surface area contributed by atoms with E-state index in [1.54, 1.807) is 36.9 Å². The highest BCUT2D eigenvalue weighted by molar-refractivity contribution is 6.31. The van der Waals surface area contributed by atoms with Crippen molar-refractivity contribution < 1.29 is 133 Å². The van der Waals surface area contributed by atoms with Crippen molar-refractivity contribution in [2.75, 3.05) is 46.8 Å². The molecule has 0 spiro atoms. The lowest BCUT2D eigenvalue weighted by Crippen LogP contribution is -2.61. The van der Waals surface area contributed by atoms with Crippen LogP contribution in [0.5, 0.6) is 11.5 Å². The maximum Gasteiger partial charge on any atom is 0.303 e. The molecule has 5 unspecified atom stereocenters. The van der Waals surface area contributed by atoms with E-state index in [9.17, 15) is 90.4 Å². The number of carboxylic acid groups (broad SMARTS) is 1. The van der Waals surface area contributed by atoms with E-state index < -0.39 is 187 Å². The number of benzene rings is 2. The minimum atomic E-state index is -2.12. The average Bonchev–Trinajstić information content (AvgIpc) is 0.719. The van der Waals surface area contributed by atoms with Gasteiger partial charge in [0.1, 0.15) is 83.8 Å². The summed E-state index contributed by atoms with van der Waals surface area (Å²) >= 11 is 0. The van der Waals surface area contributed by atoms with Gasteiger partial charge in [-0.3, -0.25) is 28.7 Å². The van der Waals surface area contributed by atoms with Crippen molar-refractivity contribution in [2.45, 2.75) is 265 Å². The molecule has 34 heteroatoms. The topological polar surface area (TPSA) is 536 Å². The smallest absolute Gasteiger partial charge is 0.303 e. The number of hydrazone groups is 1. The Morgan fingerprint density at radius 3 is 2.05 bits per heavy atom. The van der Waals surface area contributed by atoms with Crippen LogP contribution in [-0.4, -0.2) is 278 Å². The Balaban J connectivity index is 0.692. The number of phenolic OH excluding ortho intramolecular Hbond substituents is 2. The third-order valence-electron chi connectivity index (χ3n) is 20.9. The minimum Gasteiger partial charge on any atom is -0.507 e. The van der Waals surface area contributed by atoms with E-state index in [1.807, 2.05) is 0 Å². The predicted molar refractivity (Wildman–Crippen MR) is 365 cm³/mol. The number of aromatic hydroxyl groups is 2. The first-order valence-corrected chi connectivity index (χ1v) is 36.3. The molecule has 4 fully saturated rings. The number of carboxylic acids is 1. The first kappa shape index (κ1) is 82.8. The van der Waals surface area contributed by atoms with E-state index >= 15 is 0 Å². The van der Waals surface area contributed by atoms with Crippen LogP contribution in [0.4, 0.5) is 0 Å². The van der Waals surface area contributed by atoms with Gasteiger partial charge in [-0.2, -0.15) is 5.10 Å². The molecule has 2 aromatic carbocycles. The van der Waals surface area contributed by atoms with Crippen LogP contribution in [0, 0.1) is 18.8 Å². The number of nitrogens with one attached hydrogen (secondary N) is 2. The fourth-order valence-corrected chi connectivity index (χ4v) is 15.0. The minimum absolute atomic E-state index is 0.0244. The number of carbonyl (C=O) groups is 5. The first-order chi connectivity index (χ1) is 50.2. The highest BCUT2D eigenvalue weighted by Gasteiger charge is 2.52. The summed E-state index contributed by atoms with van der Waals surface area (Å²) in [6, 6.07) is 4.03. The molecule has 586 valence electrons. The molecule has 105 heavy (non-hydrogen) atoms. The Morgan fingerprint density at radius 2 is 1.35 bits per heavy atom. The summed E-state index contributed by atoms with van der Waals surface area (Å²) in [5.74, 6) is -5.38. The number of aliphatic hydroxyl groups is 11. The second-order valence-electron chi connectivity index (χ2n) is 28.6. The third kappa shape index (κ3) is 20.2. The number of aliphatic carboxylic acids is 1. The molecule has 34 nitrogen and oxygen atoms in total. The van der Waals surface area contributed by atoms with Crippen LogP contribution in [0.25, 0.3) is 0 Å². The van der Waals surface area contributed by atoms with E-state index in [4.69, 9.17) is 48.7 Å². The highest BCUT2D eigenvalue weighted by Crippen LogP contribution is 2.53. The molecule has 18 N–H and O–H groups in total. The van der Waals surface area contributed by atoms with Gasteiger partial charge in [0.15, 0.2) is 24.1 Å². The summed E-state index contributed by atoms with van der Waals surface area (Å²) in [6.45, 7) is 2.07. The van der Waals surface area contributed by atoms with E-state index in [1.165, 1.54) is 13.2 Å². The number of phenols is 2. The third-order valence-corrected chi connectivity index (χ3v) is 20.9. The van der Waals surface area contributed by atoms with Crippen molar-refractivity contribution in [3.05, 3.63) is 69.0 Å². The lowest BCUT2D eigenvalue weighted by atomic mass is 9.71. The fourth-order valence-electron chi connectivity index (χ4n) is 15.0. The number of nitrogens with two attached hydrogens (primary N) is 1. The van der Waals surface area contributed by atoms with Crippen molar-refractivity contribution in [3.63, 3.8) is 0 Å². The van der Waals surface area contributed by atoms with Crippen LogP contribution in [0.1, 0.15) is 183 Å². The van der Waals surface area contributed by atoms with Gasteiger partial charge in [0.25, 0.3) is 0 Å². The number of aliphatic hydroxyl groups excluding tert-OH is 10. The van der Waals surface area contributed by atoms with Crippen molar-refractivity contribution in [1.82, 2.24) is 25.7 Å². The largest absolute Gasteiger partial charge is 0.507 e. The van der Waals surface area contributed by atoms with E-state index in [0.29, 0.717) is 75.6 Å². The Bertz CT molecular complexity index is 3420. The zero-order valence-corrected chi connectivity index (χ0v) is 59.4. The predicted octanol–water partition coefficient (Wildman–Crippen LogP) is -0.871. The number of hydrogen-bond acceptors (Lipinski definition) is 30. The van der Waals surface area contributed by atoms with Crippen LogP contribution in [0.3, 0.4) is 0 Å². The van der Waals surface area contributed by atoms with E-state index in [-0.39, 0.29) is 111 Å². The van der Waals surface area contributed by atoms with Crippen LogP contribution < -0.4 is 16.5 Å². The van der Waals surface area contributed by atoms with E-state index in [0.717, 1.165) is 19.3 Å². The molecule has 1 aromatic heterocycles. The van der Waals surface area contributed by atoms with Crippen LogP contribution in [-0.2, 0) is 71.8 Å². The molecule has 9 rings (SSSR count). The second kappa shape index (κ2) is 38.2. The van der Waals surface area contributed by atoms with Gasteiger partial charge in [-0.25, -0.2) is 5.43 Å². The number of amides is 2. The summed E-state index contributed by atoms with van der Waals surface area (Å²) < 4.78 is 49.1. The Morgan fingerprint density at radius 1 is 0.705 bits per heavy atom. The maximum atomic E-state index is 14.1. The molecule has 0 bridgehead atoms. The number of ketones is 2. The molecule has 21 atom stereocenters. The normalized spacial score (nSPS) is 32.0. The Hall–Kier alpha value is -6.20. The van der Waals surface area contributed by atoms with Gasteiger partial charge in [0, 0.05) is 93.2 Å². The second-order valence-corrected chi connectivity index (χ2v) is 28.6. The number of carbonyl (C=O) groups excluding carboxylic acids is 4. The lowest BCUT2D eigenvalue weighted by Gasteiger charge is -2.45. The van der Waals surface area contributed by atoms with Gasteiger partial charge in [0.2, 0.25) is 11.8 Å². The average molecular weight is 1490 g/mol. The van der Waals surface area contributed by atoms with Gasteiger partial charge in [-0.1, -0.05) is 62.4 Å². The summed E-state index contributed by atoms with van der Waals surface area (Å²) in [5.41, 5.74) is 6.48. The summed E-state index contributed by atoms with van der Waals surface area (Å²) in [4.78, 5) is 65.2. The fraction of sp³-hybridized carbons (Fsp3) is 0.718. The maximum absolute atomic E-state index is 14.1. The van der Waals surface area contributed by atoms with Gasteiger partial charge < -0.3 is 120 Å². The van der Waals surface area contributed by atoms with Crippen molar-refractivity contribution in [1.29, 1.82) is 0 Å². The highest BCUT2D eigenvalue weighted by atomic mass is 16.7. The van der Waals surface area contributed by atoms with Gasteiger partial charge in [-0.05, 0) is 76.2 Å². The number of aryl methyl sites for hydroxylation is 2. The number of hydrogen-bond donors (Lipinski definition) is 17. The number of ether oxygens (including phenoxy) is 8. The molecule has 2 aliphatic heterocycles. The van der Waals surface area contributed by atoms with Gasteiger partial charge in [-0.15, -0.1) is 5.10 Å². The summed E-state index contributed by atoms with van der Waals surface area (Å²) in [6.07, 6.45) is -14.7. The molecular formula is C71H105N7O27. The monoisotopic (exact) mass is 1490 g/mol. The molecule has 3 heterocycles. The van der Waals surface area contributed by atoms with Gasteiger partial charge in [0.05, 0.1) is 86.5 Å². The number of fused-ring (bicyclic) bond motifs is 3. The number of unbranched alkanes of at least 4 members (excludes halogenated alkanes) is 8. The standard InChI is InChI=1S/C71H105N7O27/c1-35-16-15-17-40-51(35)60(90)54-53(56(40)86)57(87)41-27-71(97,28-44(52(41)61(54)91)103-39-24-36(2)55(85)42(72)26-39)47(32-80)75-76-49(82)19-9-5-4-6-12-21-78-30-38(74-77-78)29-73-48(81)18-10-7-13-22-99-67-37(33-102-70-65(95)62(92)59(89)45(31-79)104-70)25-43(58(88)63(67)93)101-34-46-68(64(94)66(96)69(98-3)105-46)100-23-14-8-11-20-50(83)84/h15-17,30,36-37,39,42-46,55,58-59,62-70,79-80,85,87-89,91-97H,4-14,18-29,31-34,72H2,1-3H3,(H,73,81)(H,76,82)(H,83,84)/b75-47+/t36?,37-,39?,42?,43+,44?,45-,46-,55?,58+,59-,62+,63-,64-,65-,66-,67-,68-,69+,70+,71+/m1/s1. The van der Waals surface area contributed by atoms with Gasteiger partial charge >= 0.3 is 5.97 Å². The van der Waals surface area contributed by atoms with Crippen molar-refractivity contribution in [3.8, 4) is 11.5 Å². The summed E-state index contributed by atoms with van der Waals surface area (Å²) in [7, 11) is 1.27. The van der Waals surface area contributed by atoms with Crippen LogP contribution >= 0.6 is 0 Å². The Labute approximate surface area is 606 Å². The number of nitrogens with zero attached hydrogens (tertiary/aromatic N) is 4. The zero-order chi connectivity index (χ0) is 76.0. The SMILES string of the molecule is CO[C@H]1O[C@H](CO[C@H]2C[C@H](CO[C@H]3O[C@H](CO)[C@@H](O)[C@H](O)[C@H]3O)[C@@H](OCCCCCC(=O)NCc3cn(CCCCCCCC(=O)N/N=C(\CO)[C@]4(O)Cc5c(O)c6c(c(O)c5C(OC5CC(C)C(O)C(N)C5)C4)C(=O)c4c(C)cccc4C6=O)nn3)[C@H](O)[C@H]2O)[C@@H](OCCCCCC(=O)O)[C@H](O)[C@H]1O. The summed E-state index contributed by atoms with van der Waals surface area (Å²) in [5, 5.41) is 168. The molecule has 2 saturated heterocycles.